The van der Waals surface area contributed by atoms with E-state index in [4.69, 9.17) is 5.11 Å². The summed E-state index contributed by atoms with van der Waals surface area (Å²) in [5.41, 5.74) is 3.17. The summed E-state index contributed by atoms with van der Waals surface area (Å²) in [7, 11) is 0. The summed E-state index contributed by atoms with van der Waals surface area (Å²) >= 11 is 0. The van der Waals surface area contributed by atoms with Crippen molar-refractivity contribution in [2.24, 2.45) is 10.2 Å². The highest BCUT2D eigenvalue weighted by Gasteiger charge is 2.16. The monoisotopic (exact) mass is 474 g/mol. The highest BCUT2D eigenvalue weighted by atomic mass is 16.7. The van der Waals surface area contributed by atoms with E-state index in [1.807, 2.05) is 26.0 Å². The smallest absolute Gasteiger partial charge is 0.505 e. The lowest BCUT2D eigenvalue weighted by Gasteiger charge is -2.08. The van der Waals surface area contributed by atoms with Crippen LogP contribution in [0.25, 0.3) is 16.8 Å². The predicted molar refractivity (Wildman–Crippen MR) is 128 cm³/mol. The summed E-state index contributed by atoms with van der Waals surface area (Å²) in [6.45, 7) is 3.43. The second-order valence-corrected chi connectivity index (χ2v) is 7.78. The van der Waals surface area contributed by atoms with Crippen LogP contribution in [0.15, 0.2) is 75.7 Å². The zero-order chi connectivity index (χ0) is 25.1. The average Bonchev–Trinajstić information content (AvgIpc) is 3.15. The van der Waals surface area contributed by atoms with Gasteiger partial charge in [0, 0.05) is 5.56 Å². The van der Waals surface area contributed by atoms with Gasteiger partial charge >= 0.3 is 6.16 Å². The minimum Gasteiger partial charge on any atom is -0.505 e. The number of benzene rings is 3. The van der Waals surface area contributed by atoms with Gasteiger partial charge in [-0.25, -0.2) is 9.48 Å². The molecular weight excluding hydrogens is 452 g/mol. The molecule has 0 spiro atoms. The van der Waals surface area contributed by atoms with E-state index in [1.54, 1.807) is 30.3 Å². The molecule has 0 atom stereocenters. The number of aromatic nitrogens is 2. The van der Waals surface area contributed by atoms with Gasteiger partial charge in [0.25, 0.3) is 5.56 Å². The van der Waals surface area contributed by atoms with Crippen LogP contribution in [0.1, 0.15) is 16.8 Å². The summed E-state index contributed by atoms with van der Waals surface area (Å²) in [6, 6.07) is 16.5. The number of rotatable bonds is 6. The maximum atomic E-state index is 13.0. The van der Waals surface area contributed by atoms with E-state index in [1.165, 1.54) is 22.9 Å². The number of para-hydroxylation sites is 1. The van der Waals surface area contributed by atoms with Crippen LogP contribution in [0.4, 0.5) is 16.2 Å². The van der Waals surface area contributed by atoms with Crippen molar-refractivity contribution in [3.8, 4) is 28.3 Å². The number of nitrogens with zero attached hydrogens (tertiary/aromatic N) is 3. The van der Waals surface area contributed by atoms with Crippen LogP contribution >= 0.6 is 0 Å². The van der Waals surface area contributed by atoms with E-state index < -0.39 is 18.3 Å². The van der Waals surface area contributed by atoms with Gasteiger partial charge < -0.3 is 20.1 Å². The molecule has 0 bridgehead atoms. The molecule has 1 aromatic heterocycles. The molecule has 4 rings (SSSR count). The van der Waals surface area contributed by atoms with Crippen LogP contribution in [-0.4, -0.2) is 31.3 Å². The fourth-order valence-corrected chi connectivity index (χ4v) is 3.51. The van der Waals surface area contributed by atoms with Crippen molar-refractivity contribution in [2.75, 3.05) is 0 Å². The lowest BCUT2D eigenvalue weighted by atomic mass is 10.0. The van der Waals surface area contributed by atoms with Crippen LogP contribution in [-0.2, 0) is 6.61 Å². The fraction of sp³-hybridized carbons (Fsp3) is 0.120. The third-order valence-electron chi connectivity index (χ3n) is 5.47. The van der Waals surface area contributed by atoms with E-state index in [0.29, 0.717) is 16.8 Å². The second-order valence-electron chi connectivity index (χ2n) is 7.78. The summed E-state index contributed by atoms with van der Waals surface area (Å²) in [5, 5.41) is 40.3. The first-order valence-electron chi connectivity index (χ1n) is 10.6. The highest BCUT2D eigenvalue weighted by molar-refractivity contribution is 5.77. The Morgan fingerprint density at radius 1 is 1.03 bits per heavy atom. The lowest BCUT2D eigenvalue weighted by Crippen LogP contribution is -2.14. The Morgan fingerprint density at radius 2 is 1.80 bits per heavy atom. The molecule has 0 radical (unpaired) electrons. The summed E-state index contributed by atoms with van der Waals surface area (Å²) in [4.78, 5) is 23.8. The van der Waals surface area contributed by atoms with Gasteiger partial charge in [-0.05, 0) is 60.9 Å². The predicted octanol–water partition coefficient (Wildman–Crippen LogP) is 5.12. The summed E-state index contributed by atoms with van der Waals surface area (Å²) in [6.07, 6.45) is -1.45. The molecule has 0 unspecified atom stereocenters. The topological polar surface area (TPSA) is 150 Å². The molecule has 0 aliphatic carbocycles. The Balaban J connectivity index is 1.71. The minimum atomic E-state index is -1.45. The molecule has 4 N–H and O–H groups in total. The number of phenols is 1. The molecule has 0 amide bonds. The van der Waals surface area contributed by atoms with Crippen LogP contribution in [0.2, 0.25) is 0 Å². The van der Waals surface area contributed by atoms with Crippen LogP contribution in [0.5, 0.6) is 11.5 Å². The molecule has 0 aliphatic rings. The number of aryl methyl sites for hydroxylation is 2. The Kier molecular flexibility index (Phi) is 6.47. The molecular formula is C25H22N4O6. The van der Waals surface area contributed by atoms with Gasteiger partial charge in [0.1, 0.15) is 11.4 Å². The van der Waals surface area contributed by atoms with Gasteiger partial charge in [-0.1, -0.05) is 30.3 Å². The van der Waals surface area contributed by atoms with Crippen molar-refractivity contribution < 1.29 is 24.9 Å². The van der Waals surface area contributed by atoms with Gasteiger partial charge in [0.15, 0.2) is 11.4 Å². The molecule has 0 saturated heterocycles. The average molecular weight is 474 g/mol. The molecule has 4 aromatic rings. The third-order valence-corrected chi connectivity index (χ3v) is 5.47. The summed E-state index contributed by atoms with van der Waals surface area (Å²) < 4.78 is 5.95. The van der Waals surface area contributed by atoms with Crippen LogP contribution in [0.3, 0.4) is 0 Å². The van der Waals surface area contributed by atoms with E-state index in [2.05, 4.69) is 20.1 Å². The lowest BCUT2D eigenvalue weighted by molar-refractivity contribution is 0.144. The van der Waals surface area contributed by atoms with Gasteiger partial charge in [0.05, 0.1) is 18.0 Å². The third kappa shape index (κ3) is 4.82. The number of aliphatic hydroxyl groups excluding tert-OH is 1. The van der Waals surface area contributed by atoms with Crippen molar-refractivity contribution in [2.45, 2.75) is 20.5 Å². The standard InChI is InChI=1S/C25H22N4O6/c1-14-9-10-17(11-15(14)2)29-24(32)22(21(13-30)28-29)27-26-20-8-4-7-19(23(20)31)16-5-3-6-18(12-16)35-25(33)34/h3-12,28,30-31H,13H2,1-2H3,(H,33,34). The first-order chi connectivity index (χ1) is 16.8. The van der Waals surface area contributed by atoms with Crippen molar-refractivity contribution in [3.63, 3.8) is 0 Å². The molecule has 10 heteroatoms. The Hall–Kier alpha value is -4.70. The fourth-order valence-electron chi connectivity index (χ4n) is 3.51. The molecule has 0 aliphatic heterocycles. The van der Waals surface area contributed by atoms with Gasteiger partial charge in [-0.2, -0.15) is 0 Å². The number of hydrogen-bond donors (Lipinski definition) is 4. The van der Waals surface area contributed by atoms with Crippen LogP contribution in [0, 0.1) is 13.8 Å². The van der Waals surface area contributed by atoms with Crippen molar-refractivity contribution in [1.29, 1.82) is 0 Å². The number of carboxylic acid groups (broad SMARTS) is 1. The van der Waals surface area contributed by atoms with E-state index in [-0.39, 0.29) is 28.6 Å². The van der Waals surface area contributed by atoms with Gasteiger partial charge in [-0.15, -0.1) is 10.2 Å². The normalized spacial score (nSPS) is 11.2. The number of carbonyl (C=O) groups is 1. The number of phenolic OH excluding ortho intramolecular Hbond substituents is 1. The van der Waals surface area contributed by atoms with Gasteiger partial charge in [0.2, 0.25) is 0 Å². The molecule has 3 aromatic carbocycles. The number of azo groups is 1. The number of aromatic hydroxyl groups is 1. The molecule has 35 heavy (non-hydrogen) atoms. The molecule has 0 fully saturated rings. The first kappa shape index (κ1) is 23.5. The van der Waals surface area contributed by atoms with Crippen molar-refractivity contribution >= 4 is 17.5 Å². The number of nitrogens with one attached hydrogen (secondary N) is 1. The SMILES string of the molecule is Cc1ccc(-n2[nH]c(CO)c(N=Nc3cccc(-c4cccc(OC(=O)O)c4)c3O)c2=O)cc1C. The van der Waals surface area contributed by atoms with E-state index in [0.717, 1.165) is 11.1 Å². The number of hydrogen-bond acceptors (Lipinski definition) is 7. The number of ether oxygens (including phenoxy) is 1. The Bertz CT molecular complexity index is 1500. The van der Waals surface area contributed by atoms with Crippen LogP contribution < -0.4 is 10.3 Å². The van der Waals surface area contributed by atoms with Gasteiger partial charge in [-0.3, -0.25) is 9.89 Å². The Labute approximate surface area is 199 Å². The molecule has 10 nitrogen and oxygen atoms in total. The van der Waals surface area contributed by atoms with E-state index in [9.17, 15) is 19.8 Å². The number of aromatic amines is 1. The van der Waals surface area contributed by atoms with Crippen molar-refractivity contribution in [1.82, 2.24) is 9.78 Å². The van der Waals surface area contributed by atoms with Crippen molar-refractivity contribution in [3.05, 3.63) is 87.8 Å². The highest BCUT2D eigenvalue weighted by Crippen LogP contribution is 2.38. The molecule has 178 valence electrons. The quantitative estimate of drug-likeness (QED) is 0.173. The molecule has 0 saturated carbocycles. The van der Waals surface area contributed by atoms with E-state index >= 15 is 0 Å². The maximum absolute atomic E-state index is 13.0. The maximum Gasteiger partial charge on any atom is 0.511 e. The molecule has 1 heterocycles. The number of H-pyrrole nitrogens is 1. The summed E-state index contributed by atoms with van der Waals surface area (Å²) in [5.74, 6) is -0.132. The number of aliphatic hydroxyl groups is 1. The largest absolute Gasteiger partial charge is 0.511 e. The second kappa shape index (κ2) is 9.65. The first-order valence-corrected chi connectivity index (χ1v) is 10.6. The minimum absolute atomic E-state index is 0.0780. The Morgan fingerprint density at radius 3 is 2.51 bits per heavy atom. The zero-order valence-corrected chi connectivity index (χ0v) is 18.9. The zero-order valence-electron chi connectivity index (χ0n) is 18.9.